The summed E-state index contributed by atoms with van der Waals surface area (Å²) in [5, 5.41) is 11.6. The molecule has 1 aliphatic rings. The van der Waals surface area contributed by atoms with Crippen LogP contribution in [0, 0.1) is 20.8 Å². The topological polar surface area (TPSA) is 79.7 Å². The molecule has 35 heavy (non-hydrogen) atoms. The minimum Gasteiger partial charge on any atom is -0.507 e. The second-order valence-electron chi connectivity index (χ2n) is 9.31. The molecule has 0 aliphatic carbocycles. The molecule has 1 atom stereocenters. The first-order chi connectivity index (χ1) is 16.6. The number of aliphatic hydroxyl groups excluding tert-OH is 1. The Morgan fingerprint density at radius 3 is 2.40 bits per heavy atom. The van der Waals surface area contributed by atoms with Gasteiger partial charge < -0.3 is 9.84 Å². The number of carbonyl (C=O) groups excluding carboxylic acids is 2. The number of methoxy groups -OCH3 is 1. The normalized spacial score (nSPS) is 17.3. The average molecular weight is 471 g/mol. The number of Topliss-reactive ketones (excluding diaryl/α,β-unsaturated/α-hetero) is 1. The highest BCUT2D eigenvalue weighted by molar-refractivity contribution is 6.51. The summed E-state index contributed by atoms with van der Waals surface area (Å²) < 4.78 is 5.54. The van der Waals surface area contributed by atoms with E-state index in [0.29, 0.717) is 22.6 Å². The van der Waals surface area contributed by atoms with Crippen LogP contribution in [0.1, 0.15) is 59.2 Å². The fourth-order valence-corrected chi connectivity index (χ4v) is 4.74. The van der Waals surface area contributed by atoms with Crippen molar-refractivity contribution in [2.45, 2.75) is 46.6 Å². The van der Waals surface area contributed by atoms with Gasteiger partial charge in [-0.15, -0.1) is 0 Å². The number of aryl methyl sites for hydroxylation is 3. The van der Waals surface area contributed by atoms with Crippen molar-refractivity contribution in [2.75, 3.05) is 12.0 Å². The highest BCUT2D eigenvalue weighted by atomic mass is 16.5. The third-order valence-corrected chi connectivity index (χ3v) is 6.51. The van der Waals surface area contributed by atoms with E-state index in [9.17, 15) is 14.7 Å². The number of aromatic nitrogens is 1. The van der Waals surface area contributed by atoms with Crippen molar-refractivity contribution < 1.29 is 19.4 Å². The van der Waals surface area contributed by atoms with Gasteiger partial charge in [0.25, 0.3) is 11.7 Å². The van der Waals surface area contributed by atoms with E-state index >= 15 is 0 Å². The van der Waals surface area contributed by atoms with E-state index in [0.717, 1.165) is 22.3 Å². The van der Waals surface area contributed by atoms with Crippen LogP contribution in [0.5, 0.6) is 5.75 Å². The van der Waals surface area contributed by atoms with Crippen molar-refractivity contribution in [3.05, 3.63) is 93.8 Å². The number of aliphatic hydroxyl groups is 1. The van der Waals surface area contributed by atoms with Crippen LogP contribution in [0.2, 0.25) is 0 Å². The van der Waals surface area contributed by atoms with Gasteiger partial charge in [0.05, 0.1) is 18.7 Å². The monoisotopic (exact) mass is 470 g/mol. The second-order valence-corrected chi connectivity index (χ2v) is 9.31. The average Bonchev–Trinajstić information content (AvgIpc) is 3.09. The minimum absolute atomic E-state index is 0.0472. The van der Waals surface area contributed by atoms with Gasteiger partial charge in [0.1, 0.15) is 11.5 Å². The van der Waals surface area contributed by atoms with Crippen molar-refractivity contribution >= 4 is 23.1 Å². The minimum atomic E-state index is -0.811. The third-order valence-electron chi connectivity index (χ3n) is 6.51. The molecule has 6 heteroatoms. The van der Waals surface area contributed by atoms with E-state index in [1.807, 2.05) is 71.0 Å². The number of ketones is 1. The highest BCUT2D eigenvalue weighted by Crippen LogP contribution is 2.44. The van der Waals surface area contributed by atoms with Crippen molar-refractivity contribution in [1.82, 2.24) is 4.98 Å². The summed E-state index contributed by atoms with van der Waals surface area (Å²) in [4.78, 5) is 32.6. The maximum Gasteiger partial charge on any atom is 0.300 e. The van der Waals surface area contributed by atoms with Crippen molar-refractivity contribution in [2.24, 2.45) is 0 Å². The van der Waals surface area contributed by atoms with E-state index in [1.54, 1.807) is 25.6 Å². The fraction of sp³-hybridized carbons (Fsp3) is 0.276. The lowest BCUT2D eigenvalue weighted by Gasteiger charge is -2.27. The Morgan fingerprint density at radius 2 is 1.80 bits per heavy atom. The van der Waals surface area contributed by atoms with Crippen LogP contribution in [0.15, 0.2) is 60.4 Å². The van der Waals surface area contributed by atoms with Gasteiger partial charge in [-0.05, 0) is 73.2 Å². The fourth-order valence-electron chi connectivity index (χ4n) is 4.74. The molecule has 0 saturated carbocycles. The summed E-state index contributed by atoms with van der Waals surface area (Å²) in [6.07, 6.45) is 3.26. The summed E-state index contributed by atoms with van der Waals surface area (Å²) in [5.74, 6) is -0.760. The van der Waals surface area contributed by atoms with Crippen LogP contribution in [-0.4, -0.2) is 28.9 Å². The molecule has 1 saturated heterocycles. The molecule has 0 radical (unpaired) electrons. The number of nitrogens with zero attached hydrogens (tertiary/aromatic N) is 2. The molecule has 1 aromatic heterocycles. The van der Waals surface area contributed by atoms with Crippen LogP contribution in [0.25, 0.3) is 5.76 Å². The Labute approximate surface area is 205 Å². The van der Waals surface area contributed by atoms with Gasteiger partial charge in [-0.1, -0.05) is 37.6 Å². The maximum atomic E-state index is 13.5. The molecule has 0 spiro atoms. The first-order valence-electron chi connectivity index (χ1n) is 11.6. The molecule has 3 aromatic rings. The molecule has 2 heterocycles. The Morgan fingerprint density at radius 1 is 1.06 bits per heavy atom. The summed E-state index contributed by atoms with van der Waals surface area (Å²) in [6.45, 7) is 9.80. The number of pyridine rings is 1. The zero-order valence-corrected chi connectivity index (χ0v) is 20.9. The third kappa shape index (κ3) is 4.20. The van der Waals surface area contributed by atoms with E-state index < -0.39 is 17.7 Å². The summed E-state index contributed by atoms with van der Waals surface area (Å²) in [6, 6.07) is 12.2. The second kappa shape index (κ2) is 9.37. The molecule has 180 valence electrons. The van der Waals surface area contributed by atoms with E-state index in [-0.39, 0.29) is 17.3 Å². The smallest absolute Gasteiger partial charge is 0.300 e. The number of hydrogen-bond donors (Lipinski definition) is 1. The van der Waals surface area contributed by atoms with Crippen molar-refractivity contribution in [3.8, 4) is 5.75 Å². The Kier molecular flexibility index (Phi) is 6.48. The Balaban J connectivity index is 1.99. The number of benzene rings is 2. The summed E-state index contributed by atoms with van der Waals surface area (Å²) in [5.41, 5.74) is 5.38. The molecular formula is C29H30N2O4. The first-order valence-corrected chi connectivity index (χ1v) is 11.6. The van der Waals surface area contributed by atoms with E-state index in [2.05, 4.69) is 4.98 Å². The quantitative estimate of drug-likeness (QED) is 0.291. The molecule has 1 unspecified atom stereocenters. The van der Waals surface area contributed by atoms with Gasteiger partial charge in [-0.3, -0.25) is 19.5 Å². The highest BCUT2D eigenvalue weighted by Gasteiger charge is 2.47. The standard InChI is InChI=1S/C29H30N2O4/c1-16(2)21-14-22(18(4)13-24(21)35-6)27(32)25-26(20-8-7-11-30-15-20)31(29(34)28(25)33)23-10-9-17(3)12-19(23)5/h7-16,26,32H,1-6H3/b27-25+. The molecular weight excluding hydrogens is 440 g/mol. The molecule has 4 rings (SSSR count). The number of rotatable bonds is 5. The van der Waals surface area contributed by atoms with Gasteiger partial charge in [-0.25, -0.2) is 0 Å². The van der Waals surface area contributed by atoms with Crippen molar-refractivity contribution in [1.29, 1.82) is 0 Å². The molecule has 6 nitrogen and oxygen atoms in total. The first kappa shape index (κ1) is 24.2. The zero-order chi connectivity index (χ0) is 25.4. The van der Waals surface area contributed by atoms with Gasteiger partial charge in [0, 0.05) is 23.6 Å². The number of amides is 1. The Bertz CT molecular complexity index is 1340. The molecule has 0 bridgehead atoms. The lowest BCUT2D eigenvalue weighted by molar-refractivity contribution is -0.132. The van der Waals surface area contributed by atoms with Crippen LogP contribution >= 0.6 is 0 Å². The predicted octanol–water partition coefficient (Wildman–Crippen LogP) is 5.77. The number of anilines is 1. The largest absolute Gasteiger partial charge is 0.507 e. The number of carbonyl (C=O) groups is 2. The zero-order valence-electron chi connectivity index (χ0n) is 20.9. The molecule has 2 aromatic carbocycles. The molecule has 1 aliphatic heterocycles. The lowest BCUT2D eigenvalue weighted by atomic mass is 9.91. The summed E-state index contributed by atoms with van der Waals surface area (Å²) in [7, 11) is 1.61. The van der Waals surface area contributed by atoms with E-state index in [4.69, 9.17) is 4.74 Å². The van der Waals surface area contributed by atoms with Gasteiger partial charge >= 0.3 is 0 Å². The summed E-state index contributed by atoms with van der Waals surface area (Å²) >= 11 is 0. The molecule has 1 N–H and O–H groups in total. The van der Waals surface area contributed by atoms with E-state index in [1.165, 1.54) is 4.90 Å². The lowest BCUT2D eigenvalue weighted by Crippen LogP contribution is -2.30. The van der Waals surface area contributed by atoms with Crippen LogP contribution in [0.3, 0.4) is 0 Å². The Hall–Kier alpha value is -3.93. The number of hydrogen-bond acceptors (Lipinski definition) is 5. The molecule has 1 fully saturated rings. The van der Waals surface area contributed by atoms with Crippen LogP contribution < -0.4 is 9.64 Å². The van der Waals surface area contributed by atoms with Crippen LogP contribution in [-0.2, 0) is 9.59 Å². The van der Waals surface area contributed by atoms with Gasteiger partial charge in [-0.2, -0.15) is 0 Å². The molecule has 1 amide bonds. The predicted molar refractivity (Wildman–Crippen MR) is 137 cm³/mol. The number of ether oxygens (including phenoxy) is 1. The maximum absolute atomic E-state index is 13.5. The SMILES string of the molecule is COc1cc(C)c(/C(O)=C2\C(=O)C(=O)N(c3ccc(C)cc3C)C2c2cccnc2)cc1C(C)C. The van der Waals surface area contributed by atoms with Gasteiger partial charge in [0.15, 0.2) is 0 Å². The van der Waals surface area contributed by atoms with Gasteiger partial charge in [0.2, 0.25) is 0 Å². The van der Waals surface area contributed by atoms with Crippen molar-refractivity contribution in [3.63, 3.8) is 0 Å². The van der Waals surface area contributed by atoms with Crippen LogP contribution in [0.4, 0.5) is 5.69 Å².